The minimum Gasteiger partial charge on any atom is -0.421 e. The second-order valence-electron chi connectivity index (χ2n) is 6.10. The third-order valence-electron chi connectivity index (χ3n) is 4.35. The third-order valence-corrected chi connectivity index (χ3v) is 4.35. The normalized spacial score (nSPS) is 12.1. The number of fused-ring (bicyclic) bond motifs is 1. The Morgan fingerprint density at radius 3 is 2.54 bits per heavy atom. The largest absolute Gasteiger partial charge is 0.421 e. The van der Waals surface area contributed by atoms with Gasteiger partial charge in [0.25, 0.3) is 0 Å². The lowest BCUT2D eigenvalue weighted by Crippen LogP contribution is -2.09. The van der Waals surface area contributed by atoms with Crippen LogP contribution in [0.25, 0.3) is 10.9 Å². The van der Waals surface area contributed by atoms with Gasteiger partial charge in [0.2, 0.25) is 0 Å². The van der Waals surface area contributed by atoms with E-state index in [0.717, 1.165) is 17.5 Å². The van der Waals surface area contributed by atoms with Crippen molar-refractivity contribution in [1.82, 2.24) is 4.98 Å². The molecule has 3 aromatic rings. The molecular formula is C21H21NO2. The molecule has 0 saturated heterocycles. The molecule has 0 amide bonds. The second kappa shape index (κ2) is 6.83. The number of esters is 1. The molecule has 122 valence electrons. The van der Waals surface area contributed by atoms with E-state index in [1.165, 1.54) is 5.56 Å². The minimum absolute atomic E-state index is 0.360. The zero-order valence-electron chi connectivity index (χ0n) is 14.2. The van der Waals surface area contributed by atoms with Gasteiger partial charge in [-0.05, 0) is 49.1 Å². The highest BCUT2D eigenvalue weighted by molar-refractivity contribution is 5.94. The number of carbonyl (C=O) groups is 1. The second-order valence-corrected chi connectivity index (χ2v) is 6.10. The van der Waals surface area contributed by atoms with Crippen LogP contribution < -0.4 is 4.74 Å². The number of hydrogen-bond acceptors (Lipinski definition) is 3. The number of aryl methyl sites for hydroxylation is 1. The number of para-hydroxylation sites is 1. The molecule has 3 nitrogen and oxygen atoms in total. The van der Waals surface area contributed by atoms with Crippen LogP contribution in [0.4, 0.5) is 0 Å². The van der Waals surface area contributed by atoms with Gasteiger partial charge in [-0.15, -0.1) is 0 Å². The van der Waals surface area contributed by atoms with Crippen molar-refractivity contribution in [2.45, 2.75) is 33.1 Å². The molecule has 2 aromatic carbocycles. The van der Waals surface area contributed by atoms with E-state index in [4.69, 9.17) is 4.74 Å². The number of pyridine rings is 1. The van der Waals surface area contributed by atoms with Gasteiger partial charge in [-0.3, -0.25) is 0 Å². The lowest BCUT2D eigenvalue weighted by molar-refractivity contribution is 0.0736. The van der Waals surface area contributed by atoms with Crippen LogP contribution in [0.1, 0.15) is 47.8 Å². The highest BCUT2D eigenvalue weighted by Gasteiger charge is 2.12. The number of aromatic nitrogens is 1. The van der Waals surface area contributed by atoms with Gasteiger partial charge in [0.05, 0.1) is 5.56 Å². The molecule has 3 rings (SSSR count). The zero-order chi connectivity index (χ0) is 17.1. The van der Waals surface area contributed by atoms with E-state index in [-0.39, 0.29) is 5.97 Å². The number of benzene rings is 2. The summed E-state index contributed by atoms with van der Waals surface area (Å²) in [7, 11) is 0. The lowest BCUT2D eigenvalue weighted by atomic mass is 9.98. The van der Waals surface area contributed by atoms with Crippen LogP contribution in [0.5, 0.6) is 5.75 Å². The van der Waals surface area contributed by atoms with Crippen LogP contribution in [0.2, 0.25) is 0 Å². The van der Waals surface area contributed by atoms with E-state index in [1.54, 1.807) is 6.07 Å². The summed E-state index contributed by atoms with van der Waals surface area (Å²) in [6, 6.07) is 17.2. The Balaban J connectivity index is 1.86. The molecule has 1 heterocycles. The lowest BCUT2D eigenvalue weighted by Gasteiger charge is -2.10. The Labute approximate surface area is 142 Å². The van der Waals surface area contributed by atoms with E-state index >= 15 is 0 Å². The van der Waals surface area contributed by atoms with Gasteiger partial charge in [-0.1, -0.05) is 44.2 Å². The van der Waals surface area contributed by atoms with Crippen LogP contribution in [0.15, 0.2) is 54.6 Å². The first-order valence-corrected chi connectivity index (χ1v) is 8.27. The first-order valence-electron chi connectivity index (χ1n) is 8.27. The number of nitrogens with zero attached hydrogens (tertiary/aromatic N) is 1. The van der Waals surface area contributed by atoms with Crippen molar-refractivity contribution in [3.8, 4) is 5.75 Å². The maximum absolute atomic E-state index is 12.4. The predicted molar refractivity (Wildman–Crippen MR) is 96.6 cm³/mol. The first-order chi connectivity index (χ1) is 11.6. The molecule has 0 aliphatic carbocycles. The SMILES string of the molecule is CCC(C)c1ccc(C(=O)Oc2cccc3ccc(C)nc23)cc1. The van der Waals surface area contributed by atoms with Crippen molar-refractivity contribution in [3.63, 3.8) is 0 Å². The fraction of sp³-hybridized carbons (Fsp3) is 0.238. The van der Waals surface area contributed by atoms with Gasteiger partial charge in [0.1, 0.15) is 5.52 Å². The molecule has 1 aromatic heterocycles. The Morgan fingerprint density at radius 1 is 1.08 bits per heavy atom. The van der Waals surface area contributed by atoms with Crippen molar-refractivity contribution in [2.75, 3.05) is 0 Å². The summed E-state index contributed by atoms with van der Waals surface area (Å²) >= 11 is 0. The standard InChI is InChI=1S/C21H21NO2/c1-4-14(2)16-10-12-18(13-11-16)21(23)24-19-7-5-6-17-9-8-15(3)22-20(17)19/h5-14H,4H2,1-3H3. The monoisotopic (exact) mass is 319 g/mol. The molecule has 24 heavy (non-hydrogen) atoms. The molecule has 0 aliphatic heterocycles. The molecule has 3 heteroatoms. The summed E-state index contributed by atoms with van der Waals surface area (Å²) in [6.45, 7) is 6.26. The number of rotatable bonds is 4. The Bertz CT molecular complexity index is 869. The molecule has 0 aliphatic rings. The molecule has 0 N–H and O–H groups in total. The van der Waals surface area contributed by atoms with Crippen molar-refractivity contribution >= 4 is 16.9 Å². The maximum atomic E-state index is 12.4. The van der Waals surface area contributed by atoms with E-state index in [2.05, 4.69) is 18.8 Å². The summed E-state index contributed by atoms with van der Waals surface area (Å²) in [5, 5.41) is 0.956. The first kappa shape index (κ1) is 16.2. The summed E-state index contributed by atoms with van der Waals surface area (Å²) in [5.41, 5.74) is 3.38. The van der Waals surface area contributed by atoms with Crippen LogP contribution in [0.3, 0.4) is 0 Å². The van der Waals surface area contributed by atoms with E-state index < -0.39 is 0 Å². The van der Waals surface area contributed by atoms with Crippen LogP contribution >= 0.6 is 0 Å². The quantitative estimate of drug-likeness (QED) is 0.485. The van der Waals surface area contributed by atoms with Gasteiger partial charge in [-0.25, -0.2) is 9.78 Å². The molecule has 0 radical (unpaired) electrons. The van der Waals surface area contributed by atoms with Gasteiger partial charge in [0, 0.05) is 11.1 Å². The van der Waals surface area contributed by atoms with Crippen molar-refractivity contribution in [2.24, 2.45) is 0 Å². The van der Waals surface area contributed by atoms with Crippen LogP contribution in [-0.4, -0.2) is 11.0 Å². The van der Waals surface area contributed by atoms with Crippen LogP contribution in [0, 0.1) is 6.92 Å². The van der Waals surface area contributed by atoms with E-state index in [1.807, 2.05) is 55.5 Å². The van der Waals surface area contributed by atoms with Gasteiger partial charge in [-0.2, -0.15) is 0 Å². The number of hydrogen-bond donors (Lipinski definition) is 0. The van der Waals surface area contributed by atoms with Crippen molar-refractivity contribution in [3.05, 3.63) is 71.4 Å². The minimum atomic E-state index is -0.360. The van der Waals surface area contributed by atoms with E-state index in [0.29, 0.717) is 22.7 Å². The molecule has 0 spiro atoms. The highest BCUT2D eigenvalue weighted by atomic mass is 16.5. The molecule has 1 unspecified atom stereocenters. The van der Waals surface area contributed by atoms with E-state index in [9.17, 15) is 4.79 Å². The average Bonchev–Trinajstić information content (AvgIpc) is 2.61. The van der Waals surface area contributed by atoms with Gasteiger partial charge < -0.3 is 4.74 Å². The summed E-state index contributed by atoms with van der Waals surface area (Å²) in [6.07, 6.45) is 1.07. The van der Waals surface area contributed by atoms with Gasteiger partial charge >= 0.3 is 5.97 Å². The van der Waals surface area contributed by atoms with Crippen LogP contribution in [-0.2, 0) is 0 Å². The predicted octanol–water partition coefficient (Wildman–Crippen LogP) is 5.28. The average molecular weight is 319 g/mol. The number of carbonyl (C=O) groups excluding carboxylic acids is 1. The molecule has 0 saturated carbocycles. The highest BCUT2D eigenvalue weighted by Crippen LogP contribution is 2.25. The summed E-state index contributed by atoms with van der Waals surface area (Å²) in [5.74, 6) is 0.619. The summed E-state index contributed by atoms with van der Waals surface area (Å²) in [4.78, 5) is 16.9. The number of ether oxygens (including phenoxy) is 1. The topological polar surface area (TPSA) is 39.2 Å². The van der Waals surface area contributed by atoms with Gasteiger partial charge in [0.15, 0.2) is 5.75 Å². The fourth-order valence-electron chi connectivity index (χ4n) is 2.64. The Morgan fingerprint density at radius 2 is 1.83 bits per heavy atom. The smallest absolute Gasteiger partial charge is 0.343 e. The molecule has 0 fully saturated rings. The Kier molecular flexibility index (Phi) is 4.61. The molecule has 0 bridgehead atoms. The molecular weight excluding hydrogens is 298 g/mol. The fourth-order valence-corrected chi connectivity index (χ4v) is 2.64. The maximum Gasteiger partial charge on any atom is 0.343 e. The summed E-state index contributed by atoms with van der Waals surface area (Å²) < 4.78 is 5.59. The zero-order valence-corrected chi connectivity index (χ0v) is 14.2. The molecule has 1 atom stereocenters. The van der Waals surface area contributed by atoms with Crippen molar-refractivity contribution < 1.29 is 9.53 Å². The van der Waals surface area contributed by atoms with Crippen molar-refractivity contribution in [1.29, 1.82) is 0 Å². The Hall–Kier alpha value is -2.68. The third kappa shape index (κ3) is 3.30.